The summed E-state index contributed by atoms with van der Waals surface area (Å²) in [5, 5.41) is 13.6. The van der Waals surface area contributed by atoms with Gasteiger partial charge in [-0.1, -0.05) is 13.8 Å². The van der Waals surface area contributed by atoms with Crippen LogP contribution in [0.5, 0.6) is 0 Å². The van der Waals surface area contributed by atoms with Crippen LogP contribution in [0.15, 0.2) is 17.8 Å². The number of imidazole rings is 1. The van der Waals surface area contributed by atoms with Gasteiger partial charge in [0, 0.05) is 24.3 Å². The predicted octanol–water partition coefficient (Wildman–Crippen LogP) is 1.41. The monoisotopic (exact) mass is 295 g/mol. The van der Waals surface area contributed by atoms with Crippen molar-refractivity contribution in [3.05, 3.63) is 23.5 Å². The molecular weight excluding hydrogens is 278 g/mol. The molecule has 0 aliphatic heterocycles. The van der Waals surface area contributed by atoms with E-state index in [4.69, 9.17) is 5.11 Å². The molecule has 2 N–H and O–H groups in total. The summed E-state index contributed by atoms with van der Waals surface area (Å²) in [6, 6.07) is 0. The number of carbonyl (C=O) groups is 2. The van der Waals surface area contributed by atoms with E-state index in [0.717, 1.165) is 4.96 Å². The van der Waals surface area contributed by atoms with Gasteiger partial charge >= 0.3 is 5.97 Å². The van der Waals surface area contributed by atoms with Gasteiger partial charge in [0.15, 0.2) is 4.96 Å². The van der Waals surface area contributed by atoms with Crippen molar-refractivity contribution in [3.63, 3.8) is 0 Å². The average molecular weight is 295 g/mol. The van der Waals surface area contributed by atoms with Crippen molar-refractivity contribution >= 4 is 28.2 Å². The van der Waals surface area contributed by atoms with Crippen molar-refractivity contribution in [2.45, 2.75) is 20.3 Å². The number of hydrogen-bond acceptors (Lipinski definition) is 4. The Bertz CT molecular complexity index is 589. The van der Waals surface area contributed by atoms with E-state index in [9.17, 15) is 9.59 Å². The Kier molecular flexibility index (Phi) is 4.39. The van der Waals surface area contributed by atoms with Crippen LogP contribution >= 0.6 is 11.3 Å². The standard InChI is InChI=1S/C13H17N3O3S/c1-8(2)10(12(18)19)6-14-11(17)5-9-7-16-3-4-20-13(16)15-9/h3-4,7-8,10H,5-6H2,1-2H3,(H,14,17)(H,18,19). The fourth-order valence-corrected chi connectivity index (χ4v) is 2.64. The van der Waals surface area contributed by atoms with E-state index in [1.165, 1.54) is 11.3 Å². The van der Waals surface area contributed by atoms with Crippen LogP contribution in [0.1, 0.15) is 19.5 Å². The Balaban J connectivity index is 1.89. The maximum absolute atomic E-state index is 11.8. The third-order valence-electron chi connectivity index (χ3n) is 3.13. The number of carbonyl (C=O) groups excluding carboxylic acids is 1. The highest BCUT2D eigenvalue weighted by molar-refractivity contribution is 7.15. The minimum atomic E-state index is -0.886. The SMILES string of the molecule is CC(C)C(CNC(=O)Cc1cn2ccsc2n1)C(=O)O. The molecule has 0 aliphatic carbocycles. The second-order valence-corrected chi connectivity index (χ2v) is 5.87. The van der Waals surface area contributed by atoms with Gasteiger partial charge in [-0.2, -0.15) is 0 Å². The lowest BCUT2D eigenvalue weighted by atomic mass is 9.96. The van der Waals surface area contributed by atoms with Gasteiger partial charge in [0.25, 0.3) is 0 Å². The number of hydrogen-bond donors (Lipinski definition) is 2. The number of fused-ring (bicyclic) bond motifs is 1. The number of rotatable bonds is 6. The number of thiazole rings is 1. The van der Waals surface area contributed by atoms with Crippen LogP contribution in [0, 0.1) is 11.8 Å². The van der Waals surface area contributed by atoms with Gasteiger partial charge in [-0.25, -0.2) is 4.98 Å². The van der Waals surface area contributed by atoms with Crippen molar-refractivity contribution in [1.29, 1.82) is 0 Å². The minimum absolute atomic E-state index is 0.0225. The van der Waals surface area contributed by atoms with Crippen molar-refractivity contribution in [2.24, 2.45) is 11.8 Å². The van der Waals surface area contributed by atoms with E-state index in [0.29, 0.717) is 5.69 Å². The second-order valence-electron chi connectivity index (χ2n) is 4.99. The largest absolute Gasteiger partial charge is 0.481 e. The van der Waals surface area contributed by atoms with Crippen molar-refractivity contribution < 1.29 is 14.7 Å². The minimum Gasteiger partial charge on any atom is -0.481 e. The van der Waals surface area contributed by atoms with Crippen LogP contribution in [0.4, 0.5) is 0 Å². The first-order valence-corrected chi connectivity index (χ1v) is 7.26. The summed E-state index contributed by atoms with van der Waals surface area (Å²) in [5.41, 5.74) is 0.686. The fourth-order valence-electron chi connectivity index (χ4n) is 1.92. The summed E-state index contributed by atoms with van der Waals surface area (Å²) in [6.45, 7) is 3.80. The van der Waals surface area contributed by atoms with E-state index in [-0.39, 0.29) is 24.8 Å². The highest BCUT2D eigenvalue weighted by Gasteiger charge is 2.22. The van der Waals surface area contributed by atoms with Crippen molar-refractivity contribution in [3.8, 4) is 0 Å². The number of amides is 1. The Morgan fingerprint density at radius 2 is 2.25 bits per heavy atom. The third-order valence-corrected chi connectivity index (χ3v) is 3.90. The molecule has 0 aliphatic rings. The maximum Gasteiger partial charge on any atom is 0.308 e. The Morgan fingerprint density at radius 1 is 1.50 bits per heavy atom. The van der Waals surface area contributed by atoms with Gasteiger partial charge < -0.3 is 10.4 Å². The molecule has 2 aromatic rings. The van der Waals surface area contributed by atoms with E-state index in [1.807, 2.05) is 36.0 Å². The number of aromatic nitrogens is 2. The lowest BCUT2D eigenvalue weighted by Crippen LogP contribution is -2.36. The number of nitrogens with one attached hydrogen (secondary N) is 1. The van der Waals surface area contributed by atoms with Crippen LogP contribution in [0.2, 0.25) is 0 Å². The molecule has 7 heteroatoms. The summed E-state index contributed by atoms with van der Waals surface area (Å²) < 4.78 is 1.86. The Morgan fingerprint density at radius 3 is 2.85 bits per heavy atom. The maximum atomic E-state index is 11.8. The third kappa shape index (κ3) is 3.36. The molecular formula is C13H17N3O3S. The summed E-state index contributed by atoms with van der Waals surface area (Å²) in [6.07, 6.45) is 3.86. The molecule has 108 valence electrons. The summed E-state index contributed by atoms with van der Waals surface area (Å²) in [4.78, 5) is 28.0. The summed E-state index contributed by atoms with van der Waals surface area (Å²) >= 11 is 1.50. The quantitative estimate of drug-likeness (QED) is 0.844. The molecule has 0 radical (unpaired) electrons. The first-order chi connectivity index (χ1) is 9.47. The molecule has 0 spiro atoms. The normalized spacial score (nSPS) is 12.8. The van der Waals surface area contributed by atoms with E-state index in [2.05, 4.69) is 10.3 Å². The lowest BCUT2D eigenvalue weighted by Gasteiger charge is -2.16. The fraction of sp³-hybridized carbons (Fsp3) is 0.462. The summed E-state index contributed by atoms with van der Waals surface area (Å²) in [5.74, 6) is -1.68. The molecule has 0 aromatic carbocycles. The number of carboxylic acid groups (broad SMARTS) is 1. The smallest absolute Gasteiger partial charge is 0.308 e. The number of nitrogens with zero attached hydrogens (tertiary/aromatic N) is 2. The van der Waals surface area contributed by atoms with Crippen LogP contribution in [0.25, 0.3) is 4.96 Å². The number of carboxylic acids is 1. The zero-order chi connectivity index (χ0) is 14.7. The molecule has 0 fully saturated rings. The highest BCUT2D eigenvalue weighted by atomic mass is 32.1. The molecule has 0 saturated carbocycles. The van der Waals surface area contributed by atoms with E-state index < -0.39 is 11.9 Å². The van der Waals surface area contributed by atoms with E-state index >= 15 is 0 Å². The second kappa shape index (κ2) is 6.04. The van der Waals surface area contributed by atoms with Crippen molar-refractivity contribution in [1.82, 2.24) is 14.7 Å². The van der Waals surface area contributed by atoms with Gasteiger partial charge in [-0.15, -0.1) is 11.3 Å². The van der Waals surface area contributed by atoms with E-state index in [1.54, 1.807) is 0 Å². The van der Waals surface area contributed by atoms with Crippen molar-refractivity contribution in [2.75, 3.05) is 6.54 Å². The zero-order valence-electron chi connectivity index (χ0n) is 11.4. The molecule has 0 bridgehead atoms. The molecule has 6 nitrogen and oxygen atoms in total. The molecule has 2 heterocycles. The van der Waals surface area contributed by atoms with Gasteiger partial charge in [0.05, 0.1) is 18.0 Å². The average Bonchev–Trinajstić information content (AvgIpc) is 2.88. The van der Waals surface area contributed by atoms with Gasteiger partial charge in [0.1, 0.15) is 0 Å². The summed E-state index contributed by atoms with van der Waals surface area (Å²) in [7, 11) is 0. The van der Waals surface area contributed by atoms with Gasteiger partial charge in [-0.3, -0.25) is 14.0 Å². The lowest BCUT2D eigenvalue weighted by molar-refractivity contribution is -0.143. The molecule has 2 rings (SSSR count). The molecule has 20 heavy (non-hydrogen) atoms. The predicted molar refractivity (Wildman–Crippen MR) is 75.7 cm³/mol. The first-order valence-electron chi connectivity index (χ1n) is 6.38. The van der Waals surface area contributed by atoms with Crippen LogP contribution in [-0.2, 0) is 16.0 Å². The van der Waals surface area contributed by atoms with Gasteiger partial charge in [-0.05, 0) is 5.92 Å². The van der Waals surface area contributed by atoms with Crippen LogP contribution in [0.3, 0.4) is 0 Å². The molecule has 0 saturated heterocycles. The topological polar surface area (TPSA) is 83.7 Å². The zero-order valence-corrected chi connectivity index (χ0v) is 12.2. The van der Waals surface area contributed by atoms with Crippen LogP contribution in [-0.4, -0.2) is 32.9 Å². The molecule has 1 amide bonds. The first kappa shape index (κ1) is 14.5. The molecule has 1 unspecified atom stereocenters. The Labute approximate surface area is 120 Å². The molecule has 1 atom stereocenters. The highest BCUT2D eigenvalue weighted by Crippen LogP contribution is 2.12. The Hall–Kier alpha value is -1.89. The number of aliphatic carboxylic acids is 1. The molecule has 2 aromatic heterocycles. The van der Waals surface area contributed by atoms with Crippen LogP contribution < -0.4 is 5.32 Å². The van der Waals surface area contributed by atoms with Gasteiger partial charge in [0.2, 0.25) is 5.91 Å².